The first-order chi connectivity index (χ1) is 8.53. The maximum absolute atomic E-state index is 12.2. The number of carbonyl (C=O) groups excluding carboxylic acids is 1. The second-order valence-corrected chi connectivity index (χ2v) is 5.02. The topological polar surface area (TPSA) is 57.6 Å². The van der Waals surface area contributed by atoms with Gasteiger partial charge in [-0.3, -0.25) is 9.59 Å². The maximum Gasteiger partial charge on any atom is 0.309 e. The van der Waals surface area contributed by atoms with Gasteiger partial charge in [-0.05, 0) is 31.9 Å². The number of carboxylic acids is 1. The average molecular weight is 247 g/mol. The van der Waals surface area contributed by atoms with Crippen molar-refractivity contribution >= 4 is 11.9 Å². The molecule has 0 unspecified atom stereocenters. The number of carbonyl (C=O) groups is 2. The third-order valence-corrected chi connectivity index (χ3v) is 3.69. The molecule has 4 nitrogen and oxygen atoms in total. The largest absolute Gasteiger partial charge is 0.481 e. The van der Waals surface area contributed by atoms with Gasteiger partial charge in [-0.15, -0.1) is 0 Å². The molecular formula is C14H17NO3. The number of carboxylic acid groups (broad SMARTS) is 1. The minimum atomic E-state index is -0.769. The van der Waals surface area contributed by atoms with Crippen LogP contribution in [0.5, 0.6) is 0 Å². The van der Waals surface area contributed by atoms with Crippen molar-refractivity contribution in [3.8, 4) is 0 Å². The zero-order chi connectivity index (χ0) is 13.2. The van der Waals surface area contributed by atoms with Crippen molar-refractivity contribution in [1.29, 1.82) is 0 Å². The van der Waals surface area contributed by atoms with Gasteiger partial charge in [0.15, 0.2) is 0 Å². The molecule has 1 saturated heterocycles. The molecule has 1 aromatic rings. The molecule has 4 heteroatoms. The molecule has 0 aliphatic carbocycles. The van der Waals surface area contributed by atoms with Crippen molar-refractivity contribution in [1.82, 2.24) is 4.90 Å². The normalized spacial score (nSPS) is 18.4. The number of rotatable bonds is 2. The van der Waals surface area contributed by atoms with Crippen LogP contribution in [0.3, 0.4) is 0 Å². The van der Waals surface area contributed by atoms with Crippen molar-refractivity contribution in [3.63, 3.8) is 0 Å². The zero-order valence-electron chi connectivity index (χ0n) is 10.4. The van der Waals surface area contributed by atoms with Crippen molar-refractivity contribution in [2.24, 2.45) is 5.41 Å². The summed E-state index contributed by atoms with van der Waals surface area (Å²) in [6, 6.07) is 9.10. The highest BCUT2D eigenvalue weighted by Crippen LogP contribution is 2.31. The standard InChI is InChI=1S/C14H17NO3/c1-14(13(17)18)7-9-15(10-8-14)12(16)11-5-3-2-4-6-11/h2-6H,7-10H2,1H3,(H,17,18). The Balaban J connectivity index is 2.03. The van der Waals surface area contributed by atoms with Gasteiger partial charge in [0, 0.05) is 18.7 Å². The number of likely N-dealkylation sites (tertiary alicyclic amines) is 1. The van der Waals surface area contributed by atoms with Crippen LogP contribution in [-0.4, -0.2) is 35.0 Å². The molecule has 0 atom stereocenters. The first kappa shape index (κ1) is 12.6. The van der Waals surface area contributed by atoms with Gasteiger partial charge in [0.05, 0.1) is 5.41 Å². The van der Waals surface area contributed by atoms with Crippen LogP contribution in [0, 0.1) is 5.41 Å². The zero-order valence-corrected chi connectivity index (χ0v) is 10.4. The van der Waals surface area contributed by atoms with Gasteiger partial charge in [-0.25, -0.2) is 0 Å². The summed E-state index contributed by atoms with van der Waals surface area (Å²) in [7, 11) is 0. The number of nitrogens with zero attached hydrogens (tertiary/aromatic N) is 1. The summed E-state index contributed by atoms with van der Waals surface area (Å²) in [5.41, 5.74) is -0.0237. The first-order valence-corrected chi connectivity index (χ1v) is 6.11. The highest BCUT2D eigenvalue weighted by atomic mass is 16.4. The second kappa shape index (κ2) is 4.80. The lowest BCUT2D eigenvalue weighted by atomic mass is 9.80. The lowest BCUT2D eigenvalue weighted by Crippen LogP contribution is -2.45. The summed E-state index contributed by atoms with van der Waals surface area (Å²) in [6.45, 7) is 2.77. The van der Waals surface area contributed by atoms with Crippen LogP contribution >= 0.6 is 0 Å². The molecule has 1 aromatic carbocycles. The van der Waals surface area contributed by atoms with Gasteiger partial charge in [-0.1, -0.05) is 18.2 Å². The molecule has 0 aromatic heterocycles. The minimum Gasteiger partial charge on any atom is -0.481 e. The van der Waals surface area contributed by atoms with Crippen LogP contribution in [0.2, 0.25) is 0 Å². The highest BCUT2D eigenvalue weighted by molar-refractivity contribution is 5.94. The predicted molar refractivity (Wildman–Crippen MR) is 67.3 cm³/mol. The van der Waals surface area contributed by atoms with Crippen LogP contribution in [0.15, 0.2) is 30.3 Å². The van der Waals surface area contributed by atoms with Crippen molar-refractivity contribution in [2.75, 3.05) is 13.1 Å². The fourth-order valence-corrected chi connectivity index (χ4v) is 2.18. The van der Waals surface area contributed by atoms with Crippen molar-refractivity contribution < 1.29 is 14.7 Å². The van der Waals surface area contributed by atoms with Gasteiger partial charge in [0.2, 0.25) is 0 Å². The fraction of sp³-hybridized carbons (Fsp3) is 0.429. The Hall–Kier alpha value is -1.84. The second-order valence-electron chi connectivity index (χ2n) is 5.02. The Morgan fingerprint density at radius 2 is 1.72 bits per heavy atom. The number of aliphatic carboxylic acids is 1. The van der Waals surface area contributed by atoms with Gasteiger partial charge in [0.1, 0.15) is 0 Å². The minimum absolute atomic E-state index is 0.0111. The summed E-state index contributed by atoms with van der Waals surface area (Å²) in [5.74, 6) is -0.780. The van der Waals surface area contributed by atoms with E-state index in [1.807, 2.05) is 18.2 Å². The fourth-order valence-electron chi connectivity index (χ4n) is 2.18. The van der Waals surface area contributed by atoms with Crippen LogP contribution in [0.4, 0.5) is 0 Å². The van der Waals surface area contributed by atoms with Crippen LogP contribution in [-0.2, 0) is 4.79 Å². The quantitative estimate of drug-likeness (QED) is 0.869. The van der Waals surface area contributed by atoms with E-state index in [1.165, 1.54) is 0 Å². The molecule has 0 bridgehead atoms. The maximum atomic E-state index is 12.2. The van der Waals surface area contributed by atoms with E-state index >= 15 is 0 Å². The van der Waals surface area contributed by atoms with E-state index in [9.17, 15) is 9.59 Å². The molecule has 1 aliphatic heterocycles. The third kappa shape index (κ3) is 2.37. The molecule has 96 valence electrons. The summed E-state index contributed by atoms with van der Waals surface area (Å²) in [4.78, 5) is 25.0. The van der Waals surface area contributed by atoms with E-state index in [0.717, 1.165) is 0 Å². The third-order valence-electron chi connectivity index (χ3n) is 3.69. The van der Waals surface area contributed by atoms with Crippen LogP contribution in [0.25, 0.3) is 0 Å². The van der Waals surface area contributed by atoms with Crippen molar-refractivity contribution in [3.05, 3.63) is 35.9 Å². The van der Waals surface area contributed by atoms with E-state index < -0.39 is 11.4 Å². The Kier molecular flexibility index (Phi) is 3.36. The number of amides is 1. The number of benzene rings is 1. The molecule has 1 N–H and O–H groups in total. The summed E-state index contributed by atoms with van der Waals surface area (Å²) in [6.07, 6.45) is 1.03. The highest BCUT2D eigenvalue weighted by Gasteiger charge is 2.38. The van der Waals surface area contributed by atoms with E-state index in [4.69, 9.17) is 5.11 Å². The molecule has 1 amide bonds. The van der Waals surface area contributed by atoms with E-state index in [0.29, 0.717) is 31.5 Å². The number of hydrogen-bond acceptors (Lipinski definition) is 2. The molecule has 0 spiro atoms. The molecular weight excluding hydrogens is 230 g/mol. The Bertz CT molecular complexity index is 447. The SMILES string of the molecule is CC1(C(=O)O)CCN(C(=O)c2ccccc2)CC1. The lowest BCUT2D eigenvalue weighted by molar-refractivity contribution is -0.150. The summed E-state index contributed by atoms with van der Waals surface area (Å²) >= 11 is 0. The lowest BCUT2D eigenvalue weighted by Gasteiger charge is -2.36. The molecule has 1 fully saturated rings. The van der Waals surface area contributed by atoms with E-state index in [2.05, 4.69) is 0 Å². The molecule has 2 rings (SSSR count). The Morgan fingerprint density at radius 1 is 1.17 bits per heavy atom. The van der Waals surface area contributed by atoms with Crippen LogP contribution in [0.1, 0.15) is 30.1 Å². The molecule has 18 heavy (non-hydrogen) atoms. The van der Waals surface area contributed by atoms with E-state index in [1.54, 1.807) is 24.0 Å². The first-order valence-electron chi connectivity index (χ1n) is 6.11. The van der Waals surface area contributed by atoms with Gasteiger partial charge < -0.3 is 10.0 Å². The number of hydrogen-bond donors (Lipinski definition) is 1. The van der Waals surface area contributed by atoms with Crippen molar-refractivity contribution in [2.45, 2.75) is 19.8 Å². The predicted octanol–water partition coefficient (Wildman–Crippen LogP) is 2.01. The summed E-state index contributed by atoms with van der Waals surface area (Å²) in [5, 5.41) is 9.14. The molecule has 1 heterocycles. The smallest absolute Gasteiger partial charge is 0.309 e. The van der Waals surface area contributed by atoms with E-state index in [-0.39, 0.29) is 5.91 Å². The molecule has 1 aliphatic rings. The Labute approximate surface area is 106 Å². The molecule has 0 radical (unpaired) electrons. The van der Waals surface area contributed by atoms with Gasteiger partial charge >= 0.3 is 5.97 Å². The monoisotopic (exact) mass is 247 g/mol. The number of piperidine rings is 1. The summed E-state index contributed by atoms with van der Waals surface area (Å²) < 4.78 is 0. The molecule has 0 saturated carbocycles. The van der Waals surface area contributed by atoms with Gasteiger partial charge in [0.25, 0.3) is 5.91 Å². The van der Waals surface area contributed by atoms with Crippen LogP contribution < -0.4 is 0 Å². The Morgan fingerprint density at radius 3 is 2.22 bits per heavy atom. The van der Waals surface area contributed by atoms with Gasteiger partial charge in [-0.2, -0.15) is 0 Å². The average Bonchev–Trinajstić information content (AvgIpc) is 2.40.